The molecule has 0 amide bonds. The number of piperidine rings is 1. The first-order chi connectivity index (χ1) is 15.3. The number of methoxy groups -OCH3 is 1. The number of fused-ring (bicyclic) bond motifs is 3. The first-order valence-electron chi connectivity index (χ1n) is 10.9. The van der Waals surface area contributed by atoms with Gasteiger partial charge in [0.15, 0.2) is 11.5 Å². The van der Waals surface area contributed by atoms with E-state index in [0.717, 1.165) is 25.0 Å². The van der Waals surface area contributed by atoms with Gasteiger partial charge in [0.2, 0.25) is 5.75 Å². The highest BCUT2D eigenvalue weighted by Gasteiger charge is 2.49. The zero-order valence-electron chi connectivity index (χ0n) is 17.8. The molecule has 0 spiro atoms. The predicted molar refractivity (Wildman–Crippen MR) is 111 cm³/mol. The Morgan fingerprint density at radius 2 is 1.84 bits per heavy atom. The van der Waals surface area contributed by atoms with Gasteiger partial charge in [-0.15, -0.1) is 0 Å². The van der Waals surface area contributed by atoms with Crippen LogP contribution in [0.2, 0.25) is 0 Å². The fourth-order valence-electron chi connectivity index (χ4n) is 5.43. The average Bonchev–Trinajstić information content (AvgIpc) is 3.01. The van der Waals surface area contributed by atoms with Crippen molar-refractivity contribution < 1.29 is 32.5 Å². The molecule has 2 aromatic carbocycles. The summed E-state index contributed by atoms with van der Waals surface area (Å²) in [6.07, 6.45) is -2.02. The van der Waals surface area contributed by atoms with Gasteiger partial charge in [0.1, 0.15) is 12.7 Å². The molecular weight excluding hydrogens is 423 g/mol. The third-order valence-corrected chi connectivity index (χ3v) is 6.93. The number of alkyl halides is 3. The van der Waals surface area contributed by atoms with Crippen molar-refractivity contribution in [1.82, 2.24) is 4.90 Å². The highest BCUT2D eigenvalue weighted by atomic mass is 19.4. The van der Waals surface area contributed by atoms with Gasteiger partial charge >= 0.3 is 6.18 Å². The van der Waals surface area contributed by atoms with Crippen molar-refractivity contribution in [2.75, 3.05) is 20.3 Å². The van der Waals surface area contributed by atoms with Crippen molar-refractivity contribution in [3.05, 3.63) is 53.6 Å². The Kier molecular flexibility index (Phi) is 5.25. The van der Waals surface area contributed by atoms with E-state index in [4.69, 9.17) is 14.2 Å². The summed E-state index contributed by atoms with van der Waals surface area (Å²) in [6.45, 7) is 1.04. The van der Waals surface area contributed by atoms with E-state index in [2.05, 4.69) is 4.90 Å². The zero-order valence-corrected chi connectivity index (χ0v) is 17.8. The van der Waals surface area contributed by atoms with Crippen molar-refractivity contribution >= 4 is 0 Å². The molecule has 1 unspecified atom stereocenters. The molecule has 4 atom stereocenters. The molecular formula is C24H26F3NO4. The molecule has 1 N–H and O–H groups in total. The summed E-state index contributed by atoms with van der Waals surface area (Å²) in [7, 11) is 1.59. The third kappa shape index (κ3) is 3.79. The number of benzene rings is 2. The summed E-state index contributed by atoms with van der Waals surface area (Å²) >= 11 is 0. The topological polar surface area (TPSA) is 51.2 Å². The highest BCUT2D eigenvalue weighted by Crippen LogP contribution is 2.47. The van der Waals surface area contributed by atoms with Crippen molar-refractivity contribution in [3.8, 4) is 17.2 Å². The number of para-hydroxylation sites is 1. The molecule has 3 heterocycles. The van der Waals surface area contributed by atoms with E-state index in [1.54, 1.807) is 13.2 Å². The van der Waals surface area contributed by atoms with Crippen LogP contribution in [-0.2, 0) is 11.8 Å². The molecule has 32 heavy (non-hydrogen) atoms. The van der Waals surface area contributed by atoms with Gasteiger partial charge in [-0.05, 0) is 55.5 Å². The number of hydrogen-bond donors (Lipinski definition) is 1. The Morgan fingerprint density at radius 3 is 2.53 bits per heavy atom. The lowest BCUT2D eigenvalue weighted by molar-refractivity contribution is -0.137. The van der Waals surface area contributed by atoms with Crippen LogP contribution in [0, 0.1) is 0 Å². The SMILES string of the molecule is COc1cccc2c1O[C@@H](CN1[C@@H]3CC[C@H]1CC(O)(c1cccc(C(F)(F)F)c1)C3)CO2. The molecule has 172 valence electrons. The molecule has 2 saturated heterocycles. The van der Waals surface area contributed by atoms with Gasteiger partial charge in [0.25, 0.3) is 0 Å². The van der Waals surface area contributed by atoms with Crippen LogP contribution < -0.4 is 14.2 Å². The molecule has 0 saturated carbocycles. The Hall–Kier alpha value is -2.45. The molecule has 0 aromatic heterocycles. The maximum Gasteiger partial charge on any atom is 0.416 e. The molecule has 2 bridgehead atoms. The number of aliphatic hydroxyl groups is 1. The Balaban J connectivity index is 1.31. The molecule has 0 radical (unpaired) electrons. The van der Waals surface area contributed by atoms with Crippen LogP contribution >= 0.6 is 0 Å². The third-order valence-electron chi connectivity index (χ3n) is 6.93. The minimum atomic E-state index is -4.43. The predicted octanol–water partition coefficient (Wildman–Crippen LogP) is 4.37. The van der Waals surface area contributed by atoms with E-state index in [1.165, 1.54) is 6.07 Å². The van der Waals surface area contributed by atoms with E-state index in [-0.39, 0.29) is 18.2 Å². The molecule has 8 heteroatoms. The van der Waals surface area contributed by atoms with Gasteiger partial charge < -0.3 is 19.3 Å². The molecule has 2 aromatic rings. The van der Waals surface area contributed by atoms with Crippen molar-refractivity contribution in [1.29, 1.82) is 0 Å². The Bertz CT molecular complexity index is 967. The van der Waals surface area contributed by atoms with Gasteiger partial charge in [0.05, 0.1) is 18.3 Å². The molecule has 3 aliphatic heterocycles. The summed E-state index contributed by atoms with van der Waals surface area (Å²) in [5.41, 5.74) is -1.64. The monoisotopic (exact) mass is 449 g/mol. The number of ether oxygens (including phenoxy) is 3. The molecule has 2 fully saturated rings. The van der Waals surface area contributed by atoms with Crippen molar-refractivity contribution in [2.45, 2.75) is 55.6 Å². The van der Waals surface area contributed by atoms with Gasteiger partial charge in [-0.25, -0.2) is 0 Å². The number of halogens is 3. The lowest BCUT2D eigenvalue weighted by Crippen LogP contribution is -2.53. The highest BCUT2D eigenvalue weighted by molar-refractivity contribution is 5.52. The second-order valence-corrected chi connectivity index (χ2v) is 8.94. The molecule has 0 aliphatic carbocycles. The average molecular weight is 449 g/mol. The van der Waals surface area contributed by atoms with Crippen LogP contribution in [-0.4, -0.2) is 48.5 Å². The van der Waals surface area contributed by atoms with Gasteiger partial charge in [0, 0.05) is 18.6 Å². The van der Waals surface area contributed by atoms with Crippen LogP contribution in [0.4, 0.5) is 13.2 Å². The van der Waals surface area contributed by atoms with E-state index in [9.17, 15) is 18.3 Å². The quantitative estimate of drug-likeness (QED) is 0.752. The fourth-order valence-corrected chi connectivity index (χ4v) is 5.43. The van der Waals surface area contributed by atoms with Crippen LogP contribution in [0.25, 0.3) is 0 Å². The van der Waals surface area contributed by atoms with E-state index in [1.807, 2.05) is 18.2 Å². The fraction of sp³-hybridized carbons (Fsp3) is 0.500. The second-order valence-electron chi connectivity index (χ2n) is 8.94. The number of rotatable bonds is 4. The summed E-state index contributed by atoms with van der Waals surface area (Å²) in [5.74, 6) is 1.87. The summed E-state index contributed by atoms with van der Waals surface area (Å²) in [5, 5.41) is 11.4. The van der Waals surface area contributed by atoms with Gasteiger partial charge in [-0.3, -0.25) is 4.90 Å². The van der Waals surface area contributed by atoms with E-state index in [0.29, 0.717) is 48.8 Å². The van der Waals surface area contributed by atoms with Crippen LogP contribution in [0.15, 0.2) is 42.5 Å². The van der Waals surface area contributed by atoms with Gasteiger partial charge in [-0.1, -0.05) is 18.2 Å². The standard InChI is InChI=1S/C24H26F3NO4/c1-30-20-6-3-7-21-22(20)32-19(14-31-21)13-28-17-8-9-18(28)12-23(29,11-17)15-4-2-5-16(10-15)24(25,26)27/h2-7,10,17-19,29H,8-9,11-14H2,1H3/t17-,18+,19-,23?/m0/s1. The summed E-state index contributed by atoms with van der Waals surface area (Å²) < 4.78 is 57.0. The first-order valence-corrected chi connectivity index (χ1v) is 10.9. The summed E-state index contributed by atoms with van der Waals surface area (Å²) in [6, 6.07) is 10.8. The lowest BCUT2D eigenvalue weighted by Gasteiger charge is -2.45. The van der Waals surface area contributed by atoms with Crippen molar-refractivity contribution in [3.63, 3.8) is 0 Å². The van der Waals surface area contributed by atoms with Crippen LogP contribution in [0.3, 0.4) is 0 Å². The summed E-state index contributed by atoms with van der Waals surface area (Å²) in [4.78, 5) is 2.33. The van der Waals surface area contributed by atoms with Crippen LogP contribution in [0.1, 0.15) is 36.8 Å². The largest absolute Gasteiger partial charge is 0.493 e. The Labute approximate surface area is 184 Å². The van der Waals surface area contributed by atoms with E-state index < -0.39 is 17.3 Å². The molecule has 5 rings (SSSR count). The van der Waals surface area contributed by atoms with E-state index >= 15 is 0 Å². The molecule has 3 aliphatic rings. The smallest absolute Gasteiger partial charge is 0.416 e. The van der Waals surface area contributed by atoms with Crippen LogP contribution in [0.5, 0.6) is 17.2 Å². The number of nitrogens with zero attached hydrogens (tertiary/aromatic N) is 1. The Morgan fingerprint density at radius 1 is 1.12 bits per heavy atom. The number of hydrogen-bond acceptors (Lipinski definition) is 5. The minimum Gasteiger partial charge on any atom is -0.493 e. The van der Waals surface area contributed by atoms with Gasteiger partial charge in [-0.2, -0.15) is 13.2 Å². The first kappa shape index (κ1) is 21.4. The minimum absolute atomic E-state index is 0.0796. The zero-order chi connectivity index (χ0) is 22.5. The molecule has 5 nitrogen and oxygen atoms in total. The maximum atomic E-state index is 13.2. The maximum absolute atomic E-state index is 13.2. The normalized spacial score (nSPS) is 29.7. The second kappa shape index (κ2) is 7.85. The van der Waals surface area contributed by atoms with Crippen molar-refractivity contribution in [2.24, 2.45) is 0 Å². The lowest BCUT2D eigenvalue weighted by atomic mass is 9.80.